The number of nitrogen functional groups attached to an aromatic ring is 1. The minimum Gasteiger partial charge on any atom is -0.397 e. The summed E-state index contributed by atoms with van der Waals surface area (Å²) in [5.41, 5.74) is 7.32. The first kappa shape index (κ1) is 14.4. The van der Waals surface area contributed by atoms with E-state index in [1.165, 1.54) is 6.07 Å². The van der Waals surface area contributed by atoms with Crippen LogP contribution in [0.5, 0.6) is 0 Å². The Morgan fingerprint density at radius 1 is 1.30 bits per heavy atom. The first-order valence-electron chi connectivity index (χ1n) is 5.57. The van der Waals surface area contributed by atoms with Gasteiger partial charge in [0.1, 0.15) is 0 Å². The fourth-order valence-electron chi connectivity index (χ4n) is 1.61. The van der Waals surface area contributed by atoms with Crippen LogP contribution in [-0.2, 0) is 0 Å². The molecule has 0 unspecified atom stereocenters. The van der Waals surface area contributed by atoms with Gasteiger partial charge in [-0.2, -0.15) is 5.26 Å². The molecule has 0 radical (unpaired) electrons. The molecule has 0 saturated carbocycles. The molecule has 3 N–H and O–H groups in total. The standard InChI is InChI=1S/C14H9BrClN3O/c15-9-2-3-10(11(16)6-9)14(20)19-13-4-1-8(7-17)5-12(13)18/h1-6H,18H2,(H,19,20). The van der Waals surface area contributed by atoms with E-state index < -0.39 is 0 Å². The van der Waals surface area contributed by atoms with Crippen molar-refractivity contribution in [3.8, 4) is 6.07 Å². The van der Waals surface area contributed by atoms with Crippen LogP contribution in [0.3, 0.4) is 0 Å². The number of hydrogen-bond acceptors (Lipinski definition) is 3. The second kappa shape index (κ2) is 5.95. The number of anilines is 2. The molecule has 0 heterocycles. The Kier molecular flexibility index (Phi) is 4.28. The number of hydrogen-bond donors (Lipinski definition) is 2. The van der Waals surface area contributed by atoms with Gasteiger partial charge in [0.05, 0.1) is 33.6 Å². The van der Waals surface area contributed by atoms with Gasteiger partial charge in [-0.25, -0.2) is 0 Å². The number of carbonyl (C=O) groups is 1. The maximum Gasteiger partial charge on any atom is 0.257 e. The molecular formula is C14H9BrClN3O. The number of nitrogens with two attached hydrogens (primary N) is 1. The summed E-state index contributed by atoms with van der Waals surface area (Å²) >= 11 is 9.29. The van der Waals surface area contributed by atoms with Crippen molar-refractivity contribution in [3.05, 3.63) is 57.0 Å². The van der Waals surface area contributed by atoms with Gasteiger partial charge in [-0.1, -0.05) is 27.5 Å². The molecule has 2 aromatic rings. The van der Waals surface area contributed by atoms with Crippen molar-refractivity contribution in [1.82, 2.24) is 0 Å². The lowest BCUT2D eigenvalue weighted by Crippen LogP contribution is -2.13. The summed E-state index contributed by atoms with van der Waals surface area (Å²) in [6.07, 6.45) is 0. The van der Waals surface area contributed by atoms with Crippen molar-refractivity contribution in [2.24, 2.45) is 0 Å². The van der Waals surface area contributed by atoms with Crippen LogP contribution in [0.25, 0.3) is 0 Å². The highest BCUT2D eigenvalue weighted by atomic mass is 79.9. The Bertz CT molecular complexity index is 725. The highest BCUT2D eigenvalue weighted by molar-refractivity contribution is 9.10. The predicted molar refractivity (Wildman–Crippen MR) is 82.7 cm³/mol. The molecule has 0 aliphatic carbocycles. The Morgan fingerprint density at radius 3 is 2.65 bits per heavy atom. The van der Waals surface area contributed by atoms with Gasteiger partial charge in [-0.3, -0.25) is 4.79 Å². The van der Waals surface area contributed by atoms with Gasteiger partial charge >= 0.3 is 0 Å². The summed E-state index contributed by atoms with van der Waals surface area (Å²) in [6.45, 7) is 0. The van der Waals surface area contributed by atoms with Crippen LogP contribution >= 0.6 is 27.5 Å². The zero-order chi connectivity index (χ0) is 14.7. The van der Waals surface area contributed by atoms with E-state index in [1.807, 2.05) is 6.07 Å². The van der Waals surface area contributed by atoms with Crippen molar-refractivity contribution in [2.75, 3.05) is 11.1 Å². The second-order valence-electron chi connectivity index (χ2n) is 3.99. The van der Waals surface area contributed by atoms with Crippen LogP contribution in [-0.4, -0.2) is 5.91 Å². The monoisotopic (exact) mass is 349 g/mol. The van der Waals surface area contributed by atoms with Gasteiger partial charge in [0.15, 0.2) is 0 Å². The molecule has 0 aliphatic heterocycles. The van der Waals surface area contributed by atoms with E-state index in [0.29, 0.717) is 27.5 Å². The normalized spacial score (nSPS) is 9.85. The third kappa shape index (κ3) is 3.10. The summed E-state index contributed by atoms with van der Waals surface area (Å²) in [5, 5.41) is 11.8. The summed E-state index contributed by atoms with van der Waals surface area (Å²) < 4.78 is 0.789. The lowest BCUT2D eigenvalue weighted by Gasteiger charge is -2.09. The smallest absolute Gasteiger partial charge is 0.257 e. The van der Waals surface area contributed by atoms with Crippen LogP contribution in [0, 0.1) is 11.3 Å². The Hall–Kier alpha value is -2.03. The Balaban J connectivity index is 2.26. The molecule has 1 amide bonds. The molecule has 100 valence electrons. The fourth-order valence-corrected chi connectivity index (χ4v) is 2.37. The molecule has 0 aromatic heterocycles. The SMILES string of the molecule is N#Cc1ccc(NC(=O)c2ccc(Br)cc2Cl)c(N)c1. The minimum atomic E-state index is -0.362. The lowest BCUT2D eigenvalue weighted by molar-refractivity contribution is 0.102. The molecule has 0 fully saturated rings. The van der Waals surface area contributed by atoms with E-state index in [9.17, 15) is 4.79 Å². The zero-order valence-corrected chi connectivity index (χ0v) is 12.5. The number of rotatable bonds is 2. The Morgan fingerprint density at radius 2 is 2.05 bits per heavy atom. The molecule has 6 heteroatoms. The molecule has 0 atom stereocenters. The van der Waals surface area contributed by atoms with E-state index in [2.05, 4.69) is 21.2 Å². The van der Waals surface area contributed by atoms with Gasteiger partial charge in [0, 0.05) is 4.47 Å². The van der Waals surface area contributed by atoms with Crippen LogP contribution < -0.4 is 11.1 Å². The van der Waals surface area contributed by atoms with Crippen LogP contribution in [0.2, 0.25) is 5.02 Å². The molecule has 0 saturated heterocycles. The largest absolute Gasteiger partial charge is 0.397 e. The zero-order valence-electron chi connectivity index (χ0n) is 10.2. The Labute approximate surface area is 129 Å². The maximum atomic E-state index is 12.1. The molecule has 20 heavy (non-hydrogen) atoms. The number of amides is 1. The van der Waals surface area contributed by atoms with E-state index >= 15 is 0 Å². The van der Waals surface area contributed by atoms with Crippen LogP contribution in [0.4, 0.5) is 11.4 Å². The van der Waals surface area contributed by atoms with Crippen molar-refractivity contribution >= 4 is 44.8 Å². The van der Waals surface area contributed by atoms with Crippen molar-refractivity contribution < 1.29 is 4.79 Å². The van der Waals surface area contributed by atoms with Gasteiger partial charge in [-0.15, -0.1) is 0 Å². The summed E-state index contributed by atoms with van der Waals surface area (Å²) in [7, 11) is 0. The molecule has 2 aromatic carbocycles. The van der Waals surface area contributed by atoms with Crippen molar-refractivity contribution in [2.45, 2.75) is 0 Å². The third-order valence-electron chi connectivity index (χ3n) is 2.60. The topological polar surface area (TPSA) is 78.9 Å². The molecule has 2 rings (SSSR count). The van der Waals surface area contributed by atoms with E-state index in [4.69, 9.17) is 22.6 Å². The minimum absolute atomic E-state index is 0.325. The third-order valence-corrected chi connectivity index (χ3v) is 3.41. The molecular weight excluding hydrogens is 342 g/mol. The highest BCUT2D eigenvalue weighted by Crippen LogP contribution is 2.24. The number of halogens is 2. The summed E-state index contributed by atoms with van der Waals surface area (Å²) in [4.78, 5) is 12.1. The van der Waals surface area contributed by atoms with Crippen molar-refractivity contribution in [3.63, 3.8) is 0 Å². The van der Waals surface area contributed by atoms with Crippen LogP contribution in [0.1, 0.15) is 15.9 Å². The average molecular weight is 351 g/mol. The van der Waals surface area contributed by atoms with Crippen LogP contribution in [0.15, 0.2) is 40.9 Å². The number of benzene rings is 2. The number of nitrogens with one attached hydrogen (secondary N) is 1. The van der Waals surface area contributed by atoms with Gasteiger partial charge in [0.2, 0.25) is 0 Å². The highest BCUT2D eigenvalue weighted by Gasteiger charge is 2.12. The van der Waals surface area contributed by atoms with Gasteiger partial charge < -0.3 is 11.1 Å². The number of nitrogens with zero attached hydrogens (tertiary/aromatic N) is 1. The molecule has 0 spiro atoms. The maximum absolute atomic E-state index is 12.1. The first-order chi connectivity index (χ1) is 9.51. The summed E-state index contributed by atoms with van der Waals surface area (Å²) in [6, 6.07) is 11.6. The second-order valence-corrected chi connectivity index (χ2v) is 5.32. The quantitative estimate of drug-likeness (QED) is 0.808. The first-order valence-corrected chi connectivity index (χ1v) is 6.74. The van der Waals surface area contributed by atoms with Gasteiger partial charge in [0.25, 0.3) is 5.91 Å². The number of nitriles is 1. The number of carbonyl (C=O) groups excluding carboxylic acids is 1. The molecule has 0 bridgehead atoms. The van der Waals surface area contributed by atoms with Gasteiger partial charge in [-0.05, 0) is 36.4 Å². The fraction of sp³-hybridized carbons (Fsp3) is 0. The molecule has 0 aliphatic rings. The van der Waals surface area contributed by atoms with E-state index in [1.54, 1.807) is 30.3 Å². The lowest BCUT2D eigenvalue weighted by atomic mass is 10.1. The van der Waals surface area contributed by atoms with E-state index in [-0.39, 0.29) is 5.91 Å². The predicted octanol–water partition coefficient (Wildman–Crippen LogP) is 3.81. The van der Waals surface area contributed by atoms with Crippen molar-refractivity contribution in [1.29, 1.82) is 5.26 Å². The summed E-state index contributed by atoms with van der Waals surface area (Å²) in [5.74, 6) is -0.362. The van der Waals surface area contributed by atoms with E-state index in [0.717, 1.165) is 4.47 Å². The average Bonchev–Trinajstić information content (AvgIpc) is 2.40. The molecule has 4 nitrogen and oxygen atoms in total.